The Bertz CT molecular complexity index is 936. The summed E-state index contributed by atoms with van der Waals surface area (Å²) in [5.74, 6) is 0.729. The lowest BCUT2D eigenvalue weighted by Gasteiger charge is -2.36. The van der Waals surface area contributed by atoms with Crippen LogP contribution >= 0.6 is 11.3 Å². The van der Waals surface area contributed by atoms with Crippen molar-refractivity contribution in [3.05, 3.63) is 75.7 Å². The Morgan fingerprint density at radius 3 is 2.69 bits per heavy atom. The van der Waals surface area contributed by atoms with Crippen molar-refractivity contribution in [3.8, 4) is 5.75 Å². The standard InChI is InChI=1S/C20H19N3O2S/c1-13-21-15(12-26-13)11-25-16-9-7-14(8-10-16)19-22-20(24)17-5-3-4-6-18(17)23(19)2/h3-10,12,19H,11H2,1-2H3,(H,22,24)/t19-/m1/s1. The van der Waals surface area contributed by atoms with Crippen molar-refractivity contribution in [2.75, 3.05) is 11.9 Å². The van der Waals surface area contributed by atoms with E-state index < -0.39 is 0 Å². The zero-order chi connectivity index (χ0) is 18.1. The number of ether oxygens (including phenoxy) is 1. The van der Waals surface area contributed by atoms with Crippen molar-refractivity contribution in [1.29, 1.82) is 0 Å². The van der Waals surface area contributed by atoms with Crippen molar-refractivity contribution in [2.24, 2.45) is 0 Å². The van der Waals surface area contributed by atoms with Gasteiger partial charge in [-0.15, -0.1) is 11.3 Å². The molecular formula is C20H19N3O2S. The molecule has 0 saturated heterocycles. The van der Waals surface area contributed by atoms with E-state index in [0.717, 1.165) is 27.7 Å². The van der Waals surface area contributed by atoms with Gasteiger partial charge in [0.1, 0.15) is 18.5 Å². The van der Waals surface area contributed by atoms with Crippen LogP contribution in [0.2, 0.25) is 0 Å². The molecule has 0 radical (unpaired) electrons. The van der Waals surface area contributed by atoms with Crippen LogP contribution in [0, 0.1) is 6.92 Å². The fourth-order valence-electron chi connectivity index (χ4n) is 3.10. The molecule has 4 rings (SSSR count). The van der Waals surface area contributed by atoms with Crippen molar-refractivity contribution < 1.29 is 9.53 Å². The Balaban J connectivity index is 1.49. The number of benzene rings is 2. The minimum absolute atomic E-state index is 0.0528. The van der Waals surface area contributed by atoms with Crippen LogP contribution in [0.3, 0.4) is 0 Å². The third kappa shape index (κ3) is 3.15. The average molecular weight is 365 g/mol. The third-order valence-electron chi connectivity index (χ3n) is 4.43. The predicted octanol–water partition coefficient (Wildman–Crippen LogP) is 3.91. The van der Waals surface area contributed by atoms with Crippen LogP contribution in [-0.2, 0) is 6.61 Å². The van der Waals surface area contributed by atoms with Crippen molar-refractivity contribution >= 4 is 22.9 Å². The molecule has 0 spiro atoms. The number of nitrogens with zero attached hydrogens (tertiary/aromatic N) is 2. The van der Waals surface area contributed by atoms with E-state index in [1.165, 1.54) is 0 Å². The van der Waals surface area contributed by atoms with Gasteiger partial charge in [0, 0.05) is 12.4 Å². The third-order valence-corrected chi connectivity index (χ3v) is 5.26. The Hall–Kier alpha value is -2.86. The molecule has 132 valence electrons. The number of amides is 1. The Kier molecular flexibility index (Phi) is 4.34. The molecule has 1 N–H and O–H groups in total. The van der Waals surface area contributed by atoms with Gasteiger partial charge in [-0.25, -0.2) is 4.98 Å². The average Bonchev–Trinajstić information content (AvgIpc) is 3.09. The number of aromatic nitrogens is 1. The first kappa shape index (κ1) is 16.6. The number of carbonyl (C=O) groups excluding carboxylic acids is 1. The summed E-state index contributed by atoms with van der Waals surface area (Å²) >= 11 is 1.62. The van der Waals surface area contributed by atoms with Gasteiger partial charge < -0.3 is 15.0 Å². The molecule has 6 heteroatoms. The number of nitrogens with one attached hydrogen (secondary N) is 1. The van der Waals surface area contributed by atoms with Gasteiger partial charge in [-0.2, -0.15) is 0 Å². The van der Waals surface area contributed by atoms with Gasteiger partial charge in [0.05, 0.1) is 22.0 Å². The van der Waals surface area contributed by atoms with Gasteiger partial charge in [-0.05, 0) is 36.8 Å². The molecule has 1 aliphatic rings. The maximum absolute atomic E-state index is 12.4. The Morgan fingerprint density at radius 1 is 1.19 bits per heavy atom. The highest BCUT2D eigenvalue weighted by atomic mass is 32.1. The molecule has 5 nitrogen and oxygen atoms in total. The largest absolute Gasteiger partial charge is 0.487 e. The smallest absolute Gasteiger partial charge is 0.255 e. The van der Waals surface area contributed by atoms with Crippen LogP contribution in [0.25, 0.3) is 0 Å². The molecule has 1 amide bonds. The monoisotopic (exact) mass is 365 g/mol. The highest BCUT2D eigenvalue weighted by Gasteiger charge is 2.28. The fraction of sp³-hybridized carbons (Fsp3) is 0.200. The summed E-state index contributed by atoms with van der Waals surface area (Å²) in [7, 11) is 1.98. The molecule has 26 heavy (non-hydrogen) atoms. The highest BCUT2D eigenvalue weighted by Crippen LogP contribution is 2.32. The van der Waals surface area contributed by atoms with E-state index in [-0.39, 0.29) is 12.1 Å². The molecule has 1 aromatic heterocycles. The van der Waals surface area contributed by atoms with E-state index in [4.69, 9.17) is 4.74 Å². The molecule has 0 fully saturated rings. The number of rotatable bonds is 4. The molecular weight excluding hydrogens is 346 g/mol. The Labute approximate surface area is 156 Å². The fourth-order valence-corrected chi connectivity index (χ4v) is 3.69. The topological polar surface area (TPSA) is 54.5 Å². The second kappa shape index (κ2) is 6.80. The molecule has 1 aliphatic heterocycles. The van der Waals surface area contributed by atoms with Crippen molar-refractivity contribution in [1.82, 2.24) is 10.3 Å². The first-order valence-corrected chi connectivity index (χ1v) is 9.26. The van der Waals surface area contributed by atoms with Crippen molar-refractivity contribution in [2.45, 2.75) is 19.7 Å². The van der Waals surface area contributed by atoms with Crippen LogP contribution in [0.4, 0.5) is 5.69 Å². The summed E-state index contributed by atoms with van der Waals surface area (Å²) in [6.07, 6.45) is -0.201. The first-order valence-electron chi connectivity index (χ1n) is 8.38. The summed E-state index contributed by atoms with van der Waals surface area (Å²) in [6.45, 7) is 2.44. The first-order chi connectivity index (χ1) is 12.6. The number of carbonyl (C=O) groups is 1. The van der Waals surface area contributed by atoms with Crippen molar-refractivity contribution in [3.63, 3.8) is 0 Å². The minimum Gasteiger partial charge on any atom is -0.487 e. The number of hydrogen-bond acceptors (Lipinski definition) is 5. The lowest BCUT2D eigenvalue weighted by molar-refractivity contribution is 0.0928. The second-order valence-electron chi connectivity index (χ2n) is 6.22. The quantitative estimate of drug-likeness (QED) is 0.762. The number of anilines is 1. The molecule has 0 bridgehead atoms. The van der Waals surface area contributed by atoms with E-state index >= 15 is 0 Å². The van der Waals surface area contributed by atoms with Crippen LogP contribution in [0.1, 0.15) is 32.8 Å². The van der Waals surface area contributed by atoms with Gasteiger partial charge in [0.15, 0.2) is 0 Å². The normalized spacial score (nSPS) is 16.2. The van der Waals surface area contributed by atoms with Gasteiger partial charge in [-0.1, -0.05) is 24.3 Å². The van der Waals surface area contributed by atoms with E-state index in [1.807, 2.05) is 67.9 Å². The minimum atomic E-state index is -0.201. The number of fused-ring (bicyclic) bond motifs is 1. The van der Waals surface area contributed by atoms with Gasteiger partial charge in [0.2, 0.25) is 0 Å². The highest BCUT2D eigenvalue weighted by molar-refractivity contribution is 7.09. The lowest BCUT2D eigenvalue weighted by Crippen LogP contribution is -2.44. The molecule has 1 atom stereocenters. The molecule has 2 heterocycles. The molecule has 0 saturated carbocycles. The summed E-state index contributed by atoms with van der Waals surface area (Å²) < 4.78 is 5.80. The number of hydrogen-bond donors (Lipinski definition) is 1. The zero-order valence-corrected chi connectivity index (χ0v) is 15.4. The molecule has 0 unspecified atom stereocenters. The predicted molar refractivity (Wildman–Crippen MR) is 103 cm³/mol. The Morgan fingerprint density at radius 2 is 1.96 bits per heavy atom. The van der Waals surface area contributed by atoms with E-state index in [1.54, 1.807) is 11.3 Å². The number of para-hydroxylation sites is 1. The van der Waals surface area contributed by atoms with Crippen LogP contribution in [-0.4, -0.2) is 17.9 Å². The molecule has 3 aromatic rings. The zero-order valence-electron chi connectivity index (χ0n) is 14.6. The van der Waals surface area contributed by atoms with Crippen LogP contribution < -0.4 is 15.0 Å². The summed E-state index contributed by atoms with van der Waals surface area (Å²) in [5.41, 5.74) is 3.57. The van der Waals surface area contributed by atoms with E-state index in [0.29, 0.717) is 12.2 Å². The molecule has 0 aliphatic carbocycles. The van der Waals surface area contributed by atoms with E-state index in [2.05, 4.69) is 15.2 Å². The number of thiazole rings is 1. The summed E-state index contributed by atoms with van der Waals surface area (Å²) in [4.78, 5) is 18.8. The van der Waals surface area contributed by atoms with Crippen LogP contribution in [0.5, 0.6) is 5.75 Å². The van der Waals surface area contributed by atoms with Crippen LogP contribution in [0.15, 0.2) is 53.9 Å². The maximum Gasteiger partial charge on any atom is 0.255 e. The van der Waals surface area contributed by atoms with Gasteiger partial charge >= 0.3 is 0 Å². The van der Waals surface area contributed by atoms with Gasteiger partial charge in [0.25, 0.3) is 5.91 Å². The van der Waals surface area contributed by atoms with Gasteiger partial charge in [-0.3, -0.25) is 4.79 Å². The summed E-state index contributed by atoms with van der Waals surface area (Å²) in [5, 5.41) is 6.10. The summed E-state index contributed by atoms with van der Waals surface area (Å²) in [6, 6.07) is 15.5. The number of aryl methyl sites for hydroxylation is 1. The second-order valence-corrected chi connectivity index (χ2v) is 7.28. The molecule has 2 aromatic carbocycles. The van der Waals surface area contributed by atoms with E-state index in [9.17, 15) is 4.79 Å². The SMILES string of the molecule is Cc1nc(COc2ccc([C@@H]3NC(=O)c4ccccc4N3C)cc2)cs1. The lowest BCUT2D eigenvalue weighted by atomic mass is 10.0. The maximum atomic E-state index is 12.4.